The van der Waals surface area contributed by atoms with Gasteiger partial charge >= 0.3 is 0 Å². The lowest BCUT2D eigenvalue weighted by atomic mass is 10.2. The summed E-state index contributed by atoms with van der Waals surface area (Å²) in [6.45, 7) is 7.51. The van der Waals surface area contributed by atoms with Crippen LogP contribution in [0.15, 0.2) is 12.7 Å². The first-order chi connectivity index (χ1) is 6.90. The monoisotopic (exact) mass is 194 g/mol. The Bertz CT molecular complexity index is 187. The highest BCUT2D eigenvalue weighted by Gasteiger charge is 2.33. The summed E-state index contributed by atoms with van der Waals surface area (Å²) in [5.41, 5.74) is 0. The van der Waals surface area contributed by atoms with E-state index < -0.39 is 0 Å². The minimum atomic E-state index is 0.764. The van der Waals surface area contributed by atoms with E-state index in [0.29, 0.717) is 0 Å². The van der Waals surface area contributed by atoms with Gasteiger partial charge in [-0.3, -0.25) is 4.90 Å². The second-order valence-corrected chi connectivity index (χ2v) is 4.60. The minimum Gasteiger partial charge on any atom is -0.313 e. The number of hydrogen-bond acceptors (Lipinski definition) is 2. The zero-order chi connectivity index (χ0) is 9.80. The van der Waals surface area contributed by atoms with Gasteiger partial charge in [0.25, 0.3) is 0 Å². The highest BCUT2D eigenvalue weighted by atomic mass is 15.2. The number of rotatable bonds is 6. The van der Waals surface area contributed by atoms with Gasteiger partial charge in [0.15, 0.2) is 0 Å². The summed E-state index contributed by atoms with van der Waals surface area (Å²) in [6.07, 6.45) is 8.64. The molecule has 0 amide bonds. The Labute approximate surface area is 87.4 Å². The molecule has 0 aromatic heterocycles. The van der Waals surface area contributed by atoms with E-state index in [4.69, 9.17) is 0 Å². The molecule has 1 aliphatic carbocycles. The van der Waals surface area contributed by atoms with Crippen LogP contribution in [0.2, 0.25) is 0 Å². The Morgan fingerprint density at radius 3 is 2.93 bits per heavy atom. The molecule has 1 saturated carbocycles. The summed E-state index contributed by atoms with van der Waals surface area (Å²) in [5.74, 6) is 0. The Morgan fingerprint density at radius 1 is 1.36 bits per heavy atom. The van der Waals surface area contributed by atoms with Crippen LogP contribution in [0, 0.1) is 0 Å². The maximum absolute atomic E-state index is 3.74. The molecule has 2 rings (SSSR count). The van der Waals surface area contributed by atoms with Gasteiger partial charge in [-0.25, -0.2) is 0 Å². The van der Waals surface area contributed by atoms with Crippen LogP contribution < -0.4 is 5.32 Å². The highest BCUT2D eigenvalue weighted by molar-refractivity contribution is 4.91. The maximum atomic E-state index is 3.74. The smallest absolute Gasteiger partial charge is 0.0207 e. The number of likely N-dealkylation sites (tertiary alicyclic amines) is 1. The van der Waals surface area contributed by atoms with E-state index in [0.717, 1.165) is 25.0 Å². The van der Waals surface area contributed by atoms with Crippen molar-refractivity contribution >= 4 is 0 Å². The summed E-state index contributed by atoms with van der Waals surface area (Å²) < 4.78 is 0. The molecule has 1 unspecified atom stereocenters. The summed E-state index contributed by atoms with van der Waals surface area (Å²) in [6, 6.07) is 1.72. The molecule has 0 aromatic carbocycles. The van der Waals surface area contributed by atoms with Crippen molar-refractivity contribution in [2.24, 2.45) is 0 Å². The summed E-state index contributed by atoms with van der Waals surface area (Å²) in [4.78, 5) is 2.66. The van der Waals surface area contributed by atoms with Gasteiger partial charge in [0, 0.05) is 25.2 Å². The number of unbranched alkanes of at least 4 members (excludes halogenated alkanes) is 1. The van der Waals surface area contributed by atoms with Crippen molar-refractivity contribution in [1.82, 2.24) is 10.2 Å². The lowest BCUT2D eigenvalue weighted by Crippen LogP contribution is -2.33. The molecule has 2 heteroatoms. The topological polar surface area (TPSA) is 15.3 Å². The molecule has 1 heterocycles. The van der Waals surface area contributed by atoms with Crippen LogP contribution in [-0.4, -0.2) is 36.6 Å². The molecule has 1 N–H and O–H groups in total. The van der Waals surface area contributed by atoms with E-state index in [1.165, 1.54) is 38.8 Å². The molecule has 1 aliphatic heterocycles. The summed E-state index contributed by atoms with van der Waals surface area (Å²) in [7, 11) is 0. The van der Waals surface area contributed by atoms with Crippen molar-refractivity contribution in [2.45, 2.75) is 44.2 Å². The molecule has 1 saturated heterocycles. The maximum Gasteiger partial charge on any atom is 0.0207 e. The van der Waals surface area contributed by atoms with E-state index in [-0.39, 0.29) is 0 Å². The molecular weight excluding hydrogens is 172 g/mol. The Morgan fingerprint density at radius 2 is 2.21 bits per heavy atom. The lowest BCUT2D eigenvalue weighted by Gasteiger charge is -2.15. The molecule has 2 fully saturated rings. The third-order valence-corrected chi connectivity index (χ3v) is 3.30. The standard InChI is InChI=1S/C12H22N2/c1-2-3-4-8-13-11-7-9-14(10-11)12-5-6-12/h2,11-13H,1,3-10H2. The highest BCUT2D eigenvalue weighted by Crippen LogP contribution is 2.29. The van der Waals surface area contributed by atoms with Gasteiger partial charge in [-0.2, -0.15) is 0 Å². The minimum absolute atomic E-state index is 0.764. The van der Waals surface area contributed by atoms with Crippen molar-refractivity contribution in [3.05, 3.63) is 12.7 Å². The van der Waals surface area contributed by atoms with Crippen LogP contribution in [0.3, 0.4) is 0 Å². The number of nitrogens with zero attached hydrogens (tertiary/aromatic N) is 1. The quantitative estimate of drug-likeness (QED) is 0.512. The molecule has 2 aliphatic rings. The molecule has 0 aromatic rings. The molecule has 0 spiro atoms. The average molecular weight is 194 g/mol. The van der Waals surface area contributed by atoms with Crippen LogP contribution in [0.25, 0.3) is 0 Å². The fourth-order valence-corrected chi connectivity index (χ4v) is 2.28. The molecule has 2 nitrogen and oxygen atoms in total. The zero-order valence-corrected chi connectivity index (χ0v) is 9.04. The number of hydrogen-bond donors (Lipinski definition) is 1. The van der Waals surface area contributed by atoms with Gasteiger partial charge < -0.3 is 5.32 Å². The summed E-state index contributed by atoms with van der Waals surface area (Å²) >= 11 is 0. The van der Waals surface area contributed by atoms with Crippen molar-refractivity contribution in [1.29, 1.82) is 0 Å². The zero-order valence-electron chi connectivity index (χ0n) is 9.04. The fraction of sp³-hybridized carbons (Fsp3) is 0.833. The van der Waals surface area contributed by atoms with Gasteiger partial charge in [-0.15, -0.1) is 6.58 Å². The lowest BCUT2D eigenvalue weighted by molar-refractivity contribution is 0.317. The first-order valence-corrected chi connectivity index (χ1v) is 5.98. The molecule has 0 bridgehead atoms. The van der Waals surface area contributed by atoms with Crippen LogP contribution in [0.5, 0.6) is 0 Å². The van der Waals surface area contributed by atoms with Gasteiger partial charge in [0.1, 0.15) is 0 Å². The third-order valence-electron chi connectivity index (χ3n) is 3.30. The average Bonchev–Trinajstić information content (AvgIpc) is 2.94. The molecule has 80 valence electrons. The van der Waals surface area contributed by atoms with E-state index >= 15 is 0 Å². The number of nitrogens with one attached hydrogen (secondary N) is 1. The molecule has 14 heavy (non-hydrogen) atoms. The van der Waals surface area contributed by atoms with Crippen LogP contribution in [-0.2, 0) is 0 Å². The first-order valence-electron chi connectivity index (χ1n) is 5.98. The van der Waals surface area contributed by atoms with Crippen LogP contribution >= 0.6 is 0 Å². The third kappa shape index (κ3) is 2.82. The Hall–Kier alpha value is -0.340. The van der Waals surface area contributed by atoms with Crippen LogP contribution in [0.1, 0.15) is 32.1 Å². The fourth-order valence-electron chi connectivity index (χ4n) is 2.28. The largest absolute Gasteiger partial charge is 0.313 e. The normalized spacial score (nSPS) is 28.1. The van der Waals surface area contributed by atoms with E-state index in [1.807, 2.05) is 6.08 Å². The van der Waals surface area contributed by atoms with Crippen molar-refractivity contribution in [2.75, 3.05) is 19.6 Å². The van der Waals surface area contributed by atoms with E-state index in [9.17, 15) is 0 Å². The number of allylic oxidation sites excluding steroid dienone is 1. The summed E-state index contributed by atoms with van der Waals surface area (Å²) in [5, 5.41) is 3.64. The molecule has 0 radical (unpaired) electrons. The van der Waals surface area contributed by atoms with Gasteiger partial charge in [-0.1, -0.05) is 6.08 Å². The van der Waals surface area contributed by atoms with Gasteiger partial charge in [-0.05, 0) is 38.6 Å². The second kappa shape index (κ2) is 4.94. The first kappa shape index (κ1) is 10.2. The van der Waals surface area contributed by atoms with Gasteiger partial charge in [0.2, 0.25) is 0 Å². The van der Waals surface area contributed by atoms with E-state index in [1.54, 1.807) is 0 Å². The molecule has 1 atom stereocenters. The van der Waals surface area contributed by atoms with Crippen molar-refractivity contribution in [3.63, 3.8) is 0 Å². The molecular formula is C12H22N2. The van der Waals surface area contributed by atoms with Crippen LogP contribution in [0.4, 0.5) is 0 Å². The Balaban J connectivity index is 1.56. The Kier molecular flexibility index (Phi) is 3.60. The van der Waals surface area contributed by atoms with E-state index in [2.05, 4.69) is 16.8 Å². The van der Waals surface area contributed by atoms with Crippen molar-refractivity contribution < 1.29 is 0 Å². The van der Waals surface area contributed by atoms with Gasteiger partial charge in [0.05, 0.1) is 0 Å². The predicted octanol–water partition coefficient (Wildman–Crippen LogP) is 1.78. The SMILES string of the molecule is C=CCCCNC1CCN(C2CC2)C1. The van der Waals surface area contributed by atoms with Crippen molar-refractivity contribution in [3.8, 4) is 0 Å². The predicted molar refractivity (Wildman–Crippen MR) is 60.4 cm³/mol. The second-order valence-electron chi connectivity index (χ2n) is 4.60.